The molecule has 0 heterocycles. The van der Waals surface area contributed by atoms with E-state index < -0.39 is 16.6 Å². The van der Waals surface area contributed by atoms with Crippen LogP contribution in [0.1, 0.15) is 29.2 Å². The summed E-state index contributed by atoms with van der Waals surface area (Å²) in [6, 6.07) is 17.3. The van der Waals surface area contributed by atoms with Crippen molar-refractivity contribution in [3.8, 4) is 0 Å². The van der Waals surface area contributed by atoms with Crippen LogP contribution in [0.3, 0.4) is 0 Å². The lowest BCUT2D eigenvalue weighted by Crippen LogP contribution is -2.27. The lowest BCUT2D eigenvalue weighted by molar-refractivity contribution is 0.188. The zero-order valence-electron chi connectivity index (χ0n) is 23.1. The summed E-state index contributed by atoms with van der Waals surface area (Å²) in [4.78, 5) is 0. The van der Waals surface area contributed by atoms with Crippen molar-refractivity contribution in [1.29, 1.82) is 0 Å². The maximum atomic E-state index is 6.46. The fourth-order valence-corrected chi connectivity index (χ4v) is 6.33. The van der Waals surface area contributed by atoms with Crippen molar-refractivity contribution in [3.05, 3.63) is 81.9 Å². The third-order valence-corrected chi connectivity index (χ3v) is 8.78. The van der Waals surface area contributed by atoms with Gasteiger partial charge in [-0.1, -0.05) is 55.5 Å². The zero-order chi connectivity index (χ0) is 25.9. The van der Waals surface area contributed by atoms with Gasteiger partial charge in [0.05, 0.1) is 13.2 Å². The summed E-state index contributed by atoms with van der Waals surface area (Å²) >= 11 is 0. The van der Waals surface area contributed by atoms with Crippen LogP contribution >= 0.6 is 0 Å². The molecule has 36 heavy (non-hydrogen) atoms. The van der Waals surface area contributed by atoms with E-state index in [9.17, 15) is 0 Å². The fraction of sp³-hybridized carbons (Fsp3) is 0.467. The Bertz CT molecular complexity index is 1050. The van der Waals surface area contributed by atoms with Crippen molar-refractivity contribution in [2.45, 2.75) is 59.0 Å². The quantitative estimate of drug-likeness (QED) is 0.217. The van der Waals surface area contributed by atoms with Crippen LogP contribution in [0, 0.1) is 5.92 Å². The first kappa shape index (κ1) is 26.9. The van der Waals surface area contributed by atoms with Crippen LogP contribution in [0.4, 0.5) is 0 Å². The van der Waals surface area contributed by atoms with Crippen LogP contribution in [0.15, 0.2) is 59.7 Å². The van der Waals surface area contributed by atoms with E-state index in [-0.39, 0.29) is 5.92 Å². The van der Waals surface area contributed by atoms with Gasteiger partial charge in [-0.25, -0.2) is 0 Å². The third kappa shape index (κ3) is 6.59. The van der Waals surface area contributed by atoms with E-state index in [0.717, 1.165) is 24.4 Å². The van der Waals surface area contributed by atoms with E-state index >= 15 is 0 Å². The SMILES string of the molecule is CC(C1=C(OCCO[Si](C)(C)C)c2ccccc2C1)C1=C(OCCO[Si](C)(C)C)c2ccccc2C1. The van der Waals surface area contributed by atoms with Crippen molar-refractivity contribution in [2.75, 3.05) is 26.4 Å². The monoisotopic (exact) mass is 522 g/mol. The number of hydrogen-bond donors (Lipinski definition) is 0. The van der Waals surface area contributed by atoms with Gasteiger partial charge in [-0.2, -0.15) is 0 Å². The molecule has 0 N–H and O–H groups in total. The molecule has 0 unspecified atom stereocenters. The molecule has 0 saturated heterocycles. The van der Waals surface area contributed by atoms with Crippen LogP contribution in [0.2, 0.25) is 39.3 Å². The molecule has 2 aliphatic carbocycles. The highest BCUT2D eigenvalue weighted by molar-refractivity contribution is 6.70. The lowest BCUT2D eigenvalue weighted by atomic mass is 9.89. The summed E-state index contributed by atoms with van der Waals surface area (Å²) in [6.07, 6.45) is 1.82. The van der Waals surface area contributed by atoms with Gasteiger partial charge in [0.2, 0.25) is 0 Å². The molecule has 6 heteroatoms. The normalized spacial score (nSPS) is 15.6. The molecule has 0 atom stereocenters. The Kier molecular flexibility index (Phi) is 8.29. The Balaban J connectivity index is 1.60. The Labute approximate surface area is 219 Å². The van der Waals surface area contributed by atoms with E-state index in [4.69, 9.17) is 18.3 Å². The molecule has 2 aliphatic rings. The first-order valence-corrected chi connectivity index (χ1v) is 20.0. The topological polar surface area (TPSA) is 36.9 Å². The van der Waals surface area contributed by atoms with Gasteiger partial charge in [0, 0.05) is 17.0 Å². The second-order valence-corrected chi connectivity index (χ2v) is 20.7. The Morgan fingerprint density at radius 3 is 1.39 bits per heavy atom. The van der Waals surface area contributed by atoms with Gasteiger partial charge in [0.15, 0.2) is 16.6 Å². The maximum Gasteiger partial charge on any atom is 0.183 e. The van der Waals surface area contributed by atoms with Crippen molar-refractivity contribution in [1.82, 2.24) is 0 Å². The highest BCUT2D eigenvalue weighted by Crippen LogP contribution is 2.45. The fourth-order valence-electron chi connectivity index (χ4n) is 4.94. The molecule has 4 rings (SSSR count). The molecule has 194 valence electrons. The van der Waals surface area contributed by atoms with Crippen molar-refractivity contribution < 1.29 is 18.3 Å². The van der Waals surface area contributed by atoms with Crippen LogP contribution in [-0.4, -0.2) is 43.1 Å². The van der Waals surface area contributed by atoms with Gasteiger partial charge in [-0.3, -0.25) is 0 Å². The number of benzene rings is 2. The molecule has 0 spiro atoms. The number of hydrogen-bond acceptors (Lipinski definition) is 4. The number of rotatable bonds is 12. The van der Waals surface area contributed by atoms with Gasteiger partial charge < -0.3 is 18.3 Å². The van der Waals surface area contributed by atoms with E-state index in [1.165, 1.54) is 33.4 Å². The lowest BCUT2D eigenvalue weighted by Gasteiger charge is -2.22. The van der Waals surface area contributed by atoms with Crippen LogP contribution in [0.5, 0.6) is 0 Å². The highest BCUT2D eigenvalue weighted by Gasteiger charge is 2.33. The second kappa shape index (κ2) is 11.1. The van der Waals surface area contributed by atoms with Gasteiger partial charge in [0.1, 0.15) is 24.7 Å². The first-order valence-electron chi connectivity index (χ1n) is 13.2. The summed E-state index contributed by atoms with van der Waals surface area (Å²) in [6.45, 7) is 18.0. The molecule has 2 aromatic carbocycles. The predicted molar refractivity (Wildman–Crippen MR) is 154 cm³/mol. The standard InChI is InChI=1S/C30H42O4Si2/c1-22(27-20-23-12-8-10-14-25(23)29(27)31-16-18-33-35(2,3)4)28-21-24-13-9-11-15-26(24)30(28)32-17-19-34-36(5,6)7/h8-15,22H,16-21H2,1-7H3. The van der Waals surface area contributed by atoms with Crippen molar-refractivity contribution in [3.63, 3.8) is 0 Å². The van der Waals surface area contributed by atoms with Gasteiger partial charge in [-0.15, -0.1) is 0 Å². The summed E-state index contributed by atoms with van der Waals surface area (Å²) in [5.74, 6) is 2.27. The maximum absolute atomic E-state index is 6.46. The minimum Gasteiger partial charge on any atom is -0.491 e. The van der Waals surface area contributed by atoms with Crippen LogP contribution < -0.4 is 0 Å². The average molecular weight is 523 g/mol. The minimum atomic E-state index is -1.57. The summed E-state index contributed by atoms with van der Waals surface area (Å²) in [7, 11) is -3.13. The first-order chi connectivity index (χ1) is 17.0. The van der Waals surface area contributed by atoms with Crippen LogP contribution in [0.25, 0.3) is 11.5 Å². The number of allylic oxidation sites excluding steroid dienone is 2. The number of ether oxygens (including phenoxy) is 2. The highest BCUT2D eigenvalue weighted by atomic mass is 28.4. The number of fused-ring (bicyclic) bond motifs is 2. The molecule has 0 saturated carbocycles. The van der Waals surface area contributed by atoms with E-state index in [1.807, 2.05) is 0 Å². The van der Waals surface area contributed by atoms with Gasteiger partial charge >= 0.3 is 0 Å². The molecular formula is C30H42O4Si2. The Hall–Kier alpha value is -2.13. The average Bonchev–Trinajstić information content (AvgIpc) is 3.36. The molecule has 0 radical (unpaired) electrons. The molecular weight excluding hydrogens is 480 g/mol. The van der Waals surface area contributed by atoms with E-state index in [0.29, 0.717) is 26.4 Å². The summed E-state index contributed by atoms with van der Waals surface area (Å²) in [5.41, 5.74) is 7.78. The van der Waals surface area contributed by atoms with Crippen molar-refractivity contribution >= 4 is 28.2 Å². The predicted octanol–water partition coefficient (Wildman–Crippen LogP) is 7.29. The molecule has 0 fully saturated rings. The molecule has 4 nitrogen and oxygen atoms in total. The van der Waals surface area contributed by atoms with Crippen LogP contribution in [-0.2, 0) is 31.2 Å². The molecule has 0 aliphatic heterocycles. The van der Waals surface area contributed by atoms with E-state index in [1.54, 1.807) is 0 Å². The molecule has 0 bridgehead atoms. The molecule has 0 amide bonds. The Morgan fingerprint density at radius 2 is 1.00 bits per heavy atom. The van der Waals surface area contributed by atoms with Gasteiger partial charge in [0.25, 0.3) is 0 Å². The third-order valence-electron chi connectivity index (χ3n) is 6.64. The smallest absolute Gasteiger partial charge is 0.183 e. The summed E-state index contributed by atoms with van der Waals surface area (Å²) < 4.78 is 25.1. The largest absolute Gasteiger partial charge is 0.491 e. The molecule has 2 aromatic rings. The molecule has 0 aromatic heterocycles. The second-order valence-electron chi connectivity index (χ2n) is 11.7. The van der Waals surface area contributed by atoms with Crippen molar-refractivity contribution in [2.24, 2.45) is 5.92 Å². The minimum absolute atomic E-state index is 0.214. The van der Waals surface area contributed by atoms with E-state index in [2.05, 4.69) is 94.7 Å². The zero-order valence-corrected chi connectivity index (χ0v) is 25.1. The Morgan fingerprint density at radius 1 is 0.611 bits per heavy atom. The summed E-state index contributed by atoms with van der Waals surface area (Å²) in [5, 5.41) is 0. The van der Waals surface area contributed by atoms with Gasteiger partial charge in [-0.05, 0) is 74.4 Å².